The van der Waals surface area contributed by atoms with Crippen LogP contribution in [0.5, 0.6) is 0 Å². The first-order valence-corrected chi connectivity index (χ1v) is 11.0. The number of hydrogen-bond donors (Lipinski definition) is 0. The number of pyridine rings is 2. The molecule has 0 saturated carbocycles. The molecule has 2 aromatic heterocycles. The van der Waals surface area contributed by atoms with Crippen LogP contribution in [0.25, 0.3) is 44.1 Å². The van der Waals surface area contributed by atoms with Crippen LogP contribution < -0.4 is 0 Å². The van der Waals surface area contributed by atoms with Gasteiger partial charge in [0, 0.05) is 41.4 Å². The number of fused-ring (bicyclic) bond motifs is 3. The lowest BCUT2D eigenvalue weighted by Gasteiger charge is -2.08. The number of aromatic nitrogens is 2. The van der Waals surface area contributed by atoms with Crippen LogP contribution in [0.2, 0.25) is 0 Å². The van der Waals surface area contributed by atoms with Crippen molar-refractivity contribution in [2.24, 2.45) is 0 Å². The SMILES string of the molecule is Ic1ccc(-c2cnc3c(ccc4cc(-c5ccc(I)cc5)cnc43)c2)cc1. The molecular formula is C24H14I2N2. The van der Waals surface area contributed by atoms with Gasteiger partial charge < -0.3 is 0 Å². The Hall–Kier alpha value is -2.06. The fourth-order valence-electron chi connectivity index (χ4n) is 3.39. The minimum atomic E-state index is 0.945. The van der Waals surface area contributed by atoms with Gasteiger partial charge in [-0.3, -0.25) is 9.97 Å². The van der Waals surface area contributed by atoms with Gasteiger partial charge in [-0.15, -0.1) is 0 Å². The molecule has 0 fully saturated rings. The number of benzene rings is 3. The van der Waals surface area contributed by atoms with Crippen molar-refractivity contribution in [2.75, 3.05) is 0 Å². The van der Waals surface area contributed by atoms with E-state index < -0.39 is 0 Å². The minimum Gasteiger partial charge on any atom is -0.253 e. The molecule has 0 N–H and O–H groups in total. The highest BCUT2D eigenvalue weighted by Gasteiger charge is 2.08. The second kappa shape index (κ2) is 7.40. The summed E-state index contributed by atoms with van der Waals surface area (Å²) in [6, 6.07) is 25.7. The summed E-state index contributed by atoms with van der Waals surface area (Å²) in [5, 5.41) is 2.22. The van der Waals surface area contributed by atoms with Gasteiger partial charge in [0.15, 0.2) is 0 Å². The average Bonchev–Trinajstić information content (AvgIpc) is 2.74. The van der Waals surface area contributed by atoms with Crippen LogP contribution in [0.1, 0.15) is 0 Å². The van der Waals surface area contributed by atoms with Gasteiger partial charge in [0.1, 0.15) is 0 Å². The summed E-state index contributed by atoms with van der Waals surface area (Å²) in [6.45, 7) is 0. The molecule has 5 rings (SSSR count). The fourth-order valence-corrected chi connectivity index (χ4v) is 4.11. The minimum absolute atomic E-state index is 0.945. The maximum atomic E-state index is 4.76. The van der Waals surface area contributed by atoms with Gasteiger partial charge in [-0.1, -0.05) is 36.4 Å². The zero-order valence-electron chi connectivity index (χ0n) is 14.7. The van der Waals surface area contributed by atoms with E-state index in [0.717, 1.165) is 32.9 Å². The van der Waals surface area contributed by atoms with E-state index in [4.69, 9.17) is 9.97 Å². The second-order valence-electron chi connectivity index (χ2n) is 6.67. The standard InChI is InChI=1S/C24H14I2N2/c25-21-7-3-15(4-8-21)19-11-17-1-2-18-12-20(16-5-9-22(26)10-6-16)14-28-24(18)23(17)27-13-19/h1-14H. The molecule has 0 unspecified atom stereocenters. The summed E-state index contributed by atoms with van der Waals surface area (Å²) in [5.74, 6) is 0. The topological polar surface area (TPSA) is 25.8 Å². The Kier molecular flexibility index (Phi) is 4.76. The predicted molar refractivity (Wildman–Crippen MR) is 133 cm³/mol. The smallest absolute Gasteiger partial charge is 0.0965 e. The summed E-state index contributed by atoms with van der Waals surface area (Å²) < 4.78 is 2.46. The van der Waals surface area contributed by atoms with E-state index in [1.165, 1.54) is 18.3 Å². The molecule has 0 radical (unpaired) electrons. The van der Waals surface area contributed by atoms with Crippen LogP contribution in [0, 0.1) is 7.14 Å². The average molecular weight is 584 g/mol. The van der Waals surface area contributed by atoms with Gasteiger partial charge in [-0.25, -0.2) is 0 Å². The molecule has 2 heterocycles. The molecule has 4 heteroatoms. The van der Waals surface area contributed by atoms with Crippen LogP contribution in [0.4, 0.5) is 0 Å². The van der Waals surface area contributed by atoms with Gasteiger partial charge in [0.05, 0.1) is 11.0 Å². The second-order valence-corrected chi connectivity index (χ2v) is 9.16. The lowest BCUT2D eigenvalue weighted by atomic mass is 10.0. The molecule has 5 aromatic rings. The summed E-state index contributed by atoms with van der Waals surface area (Å²) >= 11 is 4.65. The highest BCUT2D eigenvalue weighted by atomic mass is 127. The van der Waals surface area contributed by atoms with E-state index in [1.54, 1.807) is 0 Å². The maximum absolute atomic E-state index is 4.76. The summed E-state index contributed by atoms with van der Waals surface area (Å²) in [6.07, 6.45) is 3.89. The summed E-state index contributed by atoms with van der Waals surface area (Å²) in [5.41, 5.74) is 6.49. The van der Waals surface area contributed by atoms with Gasteiger partial charge >= 0.3 is 0 Å². The van der Waals surface area contributed by atoms with E-state index in [-0.39, 0.29) is 0 Å². The molecule has 28 heavy (non-hydrogen) atoms. The van der Waals surface area contributed by atoms with E-state index in [0.29, 0.717) is 0 Å². The van der Waals surface area contributed by atoms with Crippen molar-refractivity contribution in [3.8, 4) is 22.3 Å². The van der Waals surface area contributed by atoms with Crippen LogP contribution in [0.15, 0.2) is 85.2 Å². The predicted octanol–water partition coefficient (Wildman–Crippen LogP) is 7.33. The summed E-state index contributed by atoms with van der Waals surface area (Å²) in [4.78, 5) is 9.51. The Balaban J connectivity index is 1.61. The molecular weight excluding hydrogens is 570 g/mol. The highest BCUT2D eigenvalue weighted by Crippen LogP contribution is 2.29. The third kappa shape index (κ3) is 3.39. The molecule has 0 spiro atoms. The molecule has 3 aromatic carbocycles. The normalized spacial score (nSPS) is 11.2. The Morgan fingerprint density at radius 2 is 0.857 bits per heavy atom. The van der Waals surface area contributed by atoms with Crippen molar-refractivity contribution in [3.05, 3.63) is 92.3 Å². The lowest BCUT2D eigenvalue weighted by molar-refractivity contribution is 1.37. The van der Waals surface area contributed by atoms with Gasteiger partial charge in [-0.2, -0.15) is 0 Å². The van der Waals surface area contributed by atoms with Crippen molar-refractivity contribution in [1.82, 2.24) is 9.97 Å². The first kappa shape index (κ1) is 18.0. The Bertz CT molecular complexity index is 1210. The first-order valence-electron chi connectivity index (χ1n) is 8.88. The molecule has 0 bridgehead atoms. The van der Waals surface area contributed by atoms with Gasteiger partial charge in [-0.05, 0) is 92.7 Å². The third-order valence-corrected chi connectivity index (χ3v) is 6.29. The van der Waals surface area contributed by atoms with Crippen molar-refractivity contribution >= 4 is 67.0 Å². The monoisotopic (exact) mass is 584 g/mol. The maximum Gasteiger partial charge on any atom is 0.0965 e. The third-order valence-electron chi connectivity index (χ3n) is 4.86. The number of hydrogen-bond acceptors (Lipinski definition) is 2. The molecule has 0 atom stereocenters. The van der Waals surface area contributed by atoms with Crippen molar-refractivity contribution in [2.45, 2.75) is 0 Å². The Morgan fingerprint density at radius 1 is 0.464 bits per heavy atom. The van der Waals surface area contributed by atoms with E-state index in [1.807, 2.05) is 12.4 Å². The fraction of sp³-hybridized carbons (Fsp3) is 0. The Morgan fingerprint density at radius 3 is 1.25 bits per heavy atom. The van der Waals surface area contributed by atoms with Crippen molar-refractivity contribution in [3.63, 3.8) is 0 Å². The van der Waals surface area contributed by atoms with Crippen LogP contribution in [-0.2, 0) is 0 Å². The quantitative estimate of drug-likeness (QED) is 0.161. The van der Waals surface area contributed by atoms with E-state index >= 15 is 0 Å². The molecule has 0 amide bonds. The number of halogens is 2. The molecule has 0 aliphatic rings. The molecule has 134 valence electrons. The van der Waals surface area contributed by atoms with Crippen molar-refractivity contribution in [1.29, 1.82) is 0 Å². The highest BCUT2D eigenvalue weighted by molar-refractivity contribution is 14.1. The van der Waals surface area contributed by atoms with E-state index in [2.05, 4.69) is 118 Å². The zero-order chi connectivity index (χ0) is 19.1. The molecule has 0 aliphatic heterocycles. The molecule has 0 saturated heterocycles. The Labute approximate surface area is 190 Å². The van der Waals surface area contributed by atoms with Crippen LogP contribution >= 0.6 is 45.2 Å². The molecule has 0 aliphatic carbocycles. The lowest BCUT2D eigenvalue weighted by Crippen LogP contribution is -1.89. The molecule has 2 nitrogen and oxygen atoms in total. The van der Waals surface area contributed by atoms with Crippen LogP contribution in [-0.4, -0.2) is 9.97 Å². The van der Waals surface area contributed by atoms with Crippen molar-refractivity contribution < 1.29 is 0 Å². The summed E-state index contributed by atoms with van der Waals surface area (Å²) in [7, 11) is 0. The largest absolute Gasteiger partial charge is 0.253 e. The zero-order valence-corrected chi connectivity index (χ0v) is 19.0. The van der Waals surface area contributed by atoms with Gasteiger partial charge in [0.25, 0.3) is 0 Å². The number of rotatable bonds is 2. The van der Waals surface area contributed by atoms with Gasteiger partial charge in [0.2, 0.25) is 0 Å². The number of nitrogens with zero attached hydrogens (tertiary/aromatic N) is 2. The van der Waals surface area contributed by atoms with E-state index in [9.17, 15) is 0 Å². The first-order chi connectivity index (χ1) is 13.7. The van der Waals surface area contributed by atoms with Crippen LogP contribution in [0.3, 0.4) is 0 Å².